The Morgan fingerprint density at radius 1 is 1.13 bits per heavy atom. The van der Waals surface area contributed by atoms with Crippen molar-refractivity contribution >= 4 is 5.69 Å². The van der Waals surface area contributed by atoms with Crippen molar-refractivity contribution in [1.82, 2.24) is 5.32 Å². The Hall–Kier alpha value is -3.12. The molecule has 4 atom stereocenters. The number of anilines is 1. The van der Waals surface area contributed by atoms with Gasteiger partial charge in [-0.1, -0.05) is 18.2 Å². The van der Waals surface area contributed by atoms with Gasteiger partial charge in [0, 0.05) is 39.3 Å². The Morgan fingerprint density at radius 2 is 1.90 bits per heavy atom. The molecule has 1 saturated heterocycles. The Morgan fingerprint density at radius 3 is 2.62 bits per heavy atom. The lowest BCUT2D eigenvalue weighted by Gasteiger charge is -2.39. The molecular formula is C28H39N3O8. The molecule has 11 heteroatoms. The Labute approximate surface area is 229 Å². The molecule has 4 rings (SSSR count). The monoisotopic (exact) mass is 545 g/mol. The van der Waals surface area contributed by atoms with Crippen LogP contribution >= 0.6 is 0 Å². The molecule has 1 fully saturated rings. The van der Waals surface area contributed by atoms with Gasteiger partial charge in [-0.3, -0.25) is 0 Å². The van der Waals surface area contributed by atoms with E-state index in [1.54, 1.807) is 21.1 Å². The van der Waals surface area contributed by atoms with Crippen LogP contribution in [0.2, 0.25) is 0 Å². The second-order valence-electron chi connectivity index (χ2n) is 9.80. The molecule has 0 aliphatic carbocycles. The highest BCUT2D eigenvalue weighted by Gasteiger charge is 2.36. The summed E-state index contributed by atoms with van der Waals surface area (Å²) in [4.78, 5) is 17.7. The van der Waals surface area contributed by atoms with Crippen molar-refractivity contribution in [2.45, 2.75) is 44.2 Å². The molecule has 214 valence electrons. The summed E-state index contributed by atoms with van der Waals surface area (Å²) >= 11 is 0. The summed E-state index contributed by atoms with van der Waals surface area (Å²) in [7, 11) is 3.36. The molecule has 0 saturated carbocycles. The standard InChI is InChI=1S/C28H39N3O8/c1-20(39-31(32)33)18-37-26-16-29-17-27(28(26)22-6-8-23(35-3)9-7-22)38-19-21-5-10-25-24(15-21)30(12-14-36-25)11-4-13-34-2/h5-10,15,20,26-29H,4,11-14,16-19H2,1-3H3/t20-,26+,27-,28-/m0/s1. The van der Waals surface area contributed by atoms with E-state index in [0.29, 0.717) is 26.3 Å². The number of nitrogens with zero attached hydrogens (tertiary/aromatic N) is 2. The minimum absolute atomic E-state index is 0.0912. The average molecular weight is 546 g/mol. The lowest BCUT2D eigenvalue weighted by Crippen LogP contribution is -2.51. The number of nitrogens with one attached hydrogen (secondary N) is 1. The highest BCUT2D eigenvalue weighted by atomic mass is 17.0. The largest absolute Gasteiger partial charge is 0.497 e. The molecule has 39 heavy (non-hydrogen) atoms. The number of rotatable bonds is 14. The molecule has 11 nitrogen and oxygen atoms in total. The molecule has 2 heterocycles. The fraction of sp³-hybridized carbons (Fsp3) is 0.571. The first-order valence-corrected chi connectivity index (χ1v) is 13.4. The summed E-state index contributed by atoms with van der Waals surface area (Å²) in [5, 5.41) is 13.3. The SMILES string of the molecule is COCCCN1CCOc2ccc(CO[C@H]3CNC[C@@H](OC[C@H](C)O[N+](=O)[O-])[C@@H]3c3ccc(OC)cc3)cc21. The fourth-order valence-electron chi connectivity index (χ4n) is 5.12. The van der Waals surface area contributed by atoms with E-state index in [-0.39, 0.29) is 24.7 Å². The van der Waals surface area contributed by atoms with Crippen molar-refractivity contribution in [3.8, 4) is 11.5 Å². The van der Waals surface area contributed by atoms with Crippen LogP contribution in [0.15, 0.2) is 42.5 Å². The van der Waals surface area contributed by atoms with Crippen LogP contribution in [0.5, 0.6) is 11.5 Å². The van der Waals surface area contributed by atoms with Gasteiger partial charge in [0.25, 0.3) is 5.09 Å². The van der Waals surface area contributed by atoms with Gasteiger partial charge in [0.2, 0.25) is 0 Å². The zero-order valence-corrected chi connectivity index (χ0v) is 22.9. The van der Waals surface area contributed by atoms with E-state index in [9.17, 15) is 10.1 Å². The van der Waals surface area contributed by atoms with E-state index in [1.807, 2.05) is 36.4 Å². The first-order valence-electron chi connectivity index (χ1n) is 13.4. The Balaban J connectivity index is 1.48. The van der Waals surface area contributed by atoms with Crippen LogP contribution in [0.25, 0.3) is 0 Å². The van der Waals surface area contributed by atoms with E-state index in [1.165, 1.54) is 0 Å². The van der Waals surface area contributed by atoms with E-state index in [2.05, 4.69) is 21.1 Å². The van der Waals surface area contributed by atoms with E-state index in [4.69, 9.17) is 23.7 Å². The third-order valence-corrected chi connectivity index (χ3v) is 7.03. The summed E-state index contributed by atoms with van der Waals surface area (Å²) in [6, 6.07) is 14.1. The van der Waals surface area contributed by atoms with Crippen LogP contribution in [0.4, 0.5) is 5.69 Å². The summed E-state index contributed by atoms with van der Waals surface area (Å²) in [5.74, 6) is 1.56. The molecule has 0 bridgehead atoms. The van der Waals surface area contributed by atoms with Gasteiger partial charge in [0.15, 0.2) is 0 Å². The van der Waals surface area contributed by atoms with Crippen molar-refractivity contribution in [2.24, 2.45) is 0 Å². The van der Waals surface area contributed by atoms with E-state index in [0.717, 1.165) is 54.4 Å². The summed E-state index contributed by atoms with van der Waals surface area (Å²) in [6.45, 7) is 6.50. The van der Waals surface area contributed by atoms with Crippen molar-refractivity contribution < 1.29 is 33.6 Å². The number of ether oxygens (including phenoxy) is 5. The van der Waals surface area contributed by atoms with Gasteiger partial charge in [-0.2, -0.15) is 0 Å². The highest BCUT2D eigenvalue weighted by molar-refractivity contribution is 5.61. The fourth-order valence-corrected chi connectivity index (χ4v) is 5.12. The smallest absolute Gasteiger partial charge is 0.294 e. The summed E-state index contributed by atoms with van der Waals surface area (Å²) in [6.07, 6.45) is -0.180. The molecule has 2 aliphatic heterocycles. The minimum atomic E-state index is -0.789. The maximum atomic E-state index is 10.7. The molecule has 2 aromatic carbocycles. The van der Waals surface area contributed by atoms with Gasteiger partial charge in [0.1, 0.15) is 24.2 Å². The summed E-state index contributed by atoms with van der Waals surface area (Å²) < 4.78 is 29.1. The number of benzene rings is 2. The predicted molar refractivity (Wildman–Crippen MR) is 145 cm³/mol. The van der Waals surface area contributed by atoms with Crippen LogP contribution in [-0.2, 0) is 25.7 Å². The normalized spacial score (nSPS) is 21.5. The average Bonchev–Trinajstić information content (AvgIpc) is 2.95. The highest BCUT2D eigenvalue weighted by Crippen LogP contribution is 2.35. The Kier molecular flexibility index (Phi) is 10.6. The second-order valence-corrected chi connectivity index (χ2v) is 9.80. The van der Waals surface area contributed by atoms with E-state index < -0.39 is 11.2 Å². The number of fused-ring (bicyclic) bond motifs is 1. The maximum absolute atomic E-state index is 10.7. The molecule has 0 spiro atoms. The van der Waals surface area contributed by atoms with Crippen molar-refractivity contribution in [3.05, 3.63) is 63.7 Å². The van der Waals surface area contributed by atoms with Crippen LogP contribution in [0.1, 0.15) is 30.4 Å². The number of methoxy groups -OCH3 is 2. The number of hydrogen-bond acceptors (Lipinski definition) is 10. The first kappa shape index (κ1) is 28.9. The molecule has 2 aliphatic rings. The molecule has 2 aromatic rings. The molecule has 1 N–H and O–H groups in total. The van der Waals surface area contributed by atoms with Crippen LogP contribution in [0, 0.1) is 10.1 Å². The van der Waals surface area contributed by atoms with Crippen LogP contribution in [-0.4, -0.2) is 83.6 Å². The molecule has 0 aromatic heterocycles. The predicted octanol–water partition coefficient (Wildman–Crippen LogP) is 3.18. The van der Waals surface area contributed by atoms with Gasteiger partial charge in [0.05, 0.1) is 44.8 Å². The molecular weight excluding hydrogens is 506 g/mol. The quantitative estimate of drug-likeness (QED) is 0.216. The maximum Gasteiger partial charge on any atom is 0.294 e. The molecule has 0 radical (unpaired) electrons. The van der Waals surface area contributed by atoms with Crippen LogP contribution in [0.3, 0.4) is 0 Å². The lowest BCUT2D eigenvalue weighted by atomic mass is 9.85. The number of hydrogen-bond donors (Lipinski definition) is 1. The van der Waals surface area contributed by atoms with E-state index >= 15 is 0 Å². The first-order chi connectivity index (χ1) is 19.0. The van der Waals surface area contributed by atoms with Crippen molar-refractivity contribution in [2.75, 3.05) is 65.1 Å². The van der Waals surface area contributed by atoms with Gasteiger partial charge in [-0.25, -0.2) is 0 Å². The minimum Gasteiger partial charge on any atom is -0.497 e. The van der Waals surface area contributed by atoms with Gasteiger partial charge < -0.3 is 38.7 Å². The third kappa shape index (κ3) is 7.95. The molecule has 0 amide bonds. The topological polar surface area (TPSA) is 114 Å². The van der Waals surface area contributed by atoms with Gasteiger partial charge >= 0.3 is 0 Å². The van der Waals surface area contributed by atoms with Gasteiger partial charge in [-0.15, -0.1) is 10.1 Å². The lowest BCUT2D eigenvalue weighted by molar-refractivity contribution is -0.768. The zero-order chi connectivity index (χ0) is 27.6. The van der Waals surface area contributed by atoms with Gasteiger partial charge in [-0.05, 0) is 48.7 Å². The zero-order valence-electron chi connectivity index (χ0n) is 22.9. The van der Waals surface area contributed by atoms with Crippen molar-refractivity contribution in [1.29, 1.82) is 0 Å². The molecule has 0 unspecified atom stereocenters. The summed E-state index contributed by atoms with van der Waals surface area (Å²) in [5.41, 5.74) is 3.19. The van der Waals surface area contributed by atoms with Crippen molar-refractivity contribution in [3.63, 3.8) is 0 Å². The second kappa shape index (κ2) is 14.3. The Bertz CT molecular complexity index is 1050. The third-order valence-electron chi connectivity index (χ3n) is 7.03. The van der Waals surface area contributed by atoms with Crippen LogP contribution < -0.4 is 19.7 Å². The number of piperidine rings is 1.